The maximum Gasteiger partial charge on any atom is 0.256 e. The zero-order chi connectivity index (χ0) is 25.0. The van der Waals surface area contributed by atoms with E-state index in [0.717, 1.165) is 90.7 Å². The Labute approximate surface area is 210 Å². The minimum atomic E-state index is -0.236. The summed E-state index contributed by atoms with van der Waals surface area (Å²) in [6.45, 7) is 12.4. The van der Waals surface area contributed by atoms with Crippen LogP contribution in [0.4, 0.5) is 5.69 Å². The number of fused-ring (bicyclic) bond motifs is 2. The molecule has 0 bridgehead atoms. The Bertz CT molecular complexity index is 1450. The Hall–Kier alpha value is -3.30. The Balaban J connectivity index is 1.31. The molecule has 2 N–H and O–H groups in total. The van der Waals surface area contributed by atoms with Crippen LogP contribution in [0.3, 0.4) is 0 Å². The molecule has 4 heterocycles. The fraction of sp³-hybridized carbons (Fsp3) is 0.481. The Morgan fingerprint density at radius 3 is 2.67 bits per heavy atom. The molecule has 3 aromatic heterocycles. The number of rotatable bonds is 5. The van der Waals surface area contributed by atoms with Crippen LogP contribution in [0.2, 0.25) is 0 Å². The number of aromatic nitrogens is 5. The number of carbonyl (C=O) groups excluding carboxylic acids is 1. The number of aromatic amines is 1. The van der Waals surface area contributed by atoms with E-state index in [1.165, 1.54) is 0 Å². The molecule has 2 aliphatic rings. The van der Waals surface area contributed by atoms with Crippen LogP contribution in [0.15, 0.2) is 24.3 Å². The summed E-state index contributed by atoms with van der Waals surface area (Å²) in [6, 6.07) is 7.77. The lowest BCUT2D eigenvalue weighted by atomic mass is 10.1. The molecule has 36 heavy (non-hydrogen) atoms. The maximum absolute atomic E-state index is 13.6. The number of benzene rings is 1. The molecule has 188 valence electrons. The third-order valence-corrected chi connectivity index (χ3v) is 6.97. The standard InChI is InChI=1S/C27H33N7O2/c1-16-24-19(14-21(17-5-6-17)31-25(24)34(32-16)27(2,3)4)26(35)28-18-7-8-20-22(13-18)30-23(29-20)15-33-9-11-36-12-10-33/h7-8,13-14,17H,5-6,9-12,15H2,1-4H3,(H,28,35)(H,29,30). The molecule has 9 nitrogen and oxygen atoms in total. The molecule has 1 aromatic carbocycles. The van der Waals surface area contributed by atoms with Crippen LogP contribution in [0.25, 0.3) is 22.1 Å². The minimum Gasteiger partial charge on any atom is -0.379 e. The summed E-state index contributed by atoms with van der Waals surface area (Å²) in [4.78, 5) is 29.1. The van der Waals surface area contributed by atoms with Crippen LogP contribution in [-0.2, 0) is 16.8 Å². The van der Waals surface area contributed by atoms with Crippen molar-refractivity contribution in [1.82, 2.24) is 29.6 Å². The quantitative estimate of drug-likeness (QED) is 0.435. The summed E-state index contributed by atoms with van der Waals surface area (Å²) in [5.74, 6) is 1.20. The molecule has 2 fully saturated rings. The molecular formula is C27H33N7O2. The third-order valence-electron chi connectivity index (χ3n) is 6.97. The highest BCUT2D eigenvalue weighted by Crippen LogP contribution is 2.41. The highest BCUT2D eigenvalue weighted by Gasteiger charge is 2.30. The van der Waals surface area contributed by atoms with E-state index in [2.05, 4.69) is 36.0 Å². The zero-order valence-corrected chi connectivity index (χ0v) is 21.4. The number of ether oxygens (including phenoxy) is 1. The van der Waals surface area contributed by atoms with E-state index in [-0.39, 0.29) is 11.4 Å². The van der Waals surface area contributed by atoms with Gasteiger partial charge in [0.15, 0.2) is 5.65 Å². The van der Waals surface area contributed by atoms with E-state index in [9.17, 15) is 4.79 Å². The van der Waals surface area contributed by atoms with Gasteiger partial charge in [-0.1, -0.05) is 0 Å². The molecule has 1 saturated carbocycles. The van der Waals surface area contributed by atoms with Gasteiger partial charge in [-0.15, -0.1) is 0 Å². The van der Waals surface area contributed by atoms with E-state index < -0.39 is 0 Å². The minimum absolute atomic E-state index is 0.145. The summed E-state index contributed by atoms with van der Waals surface area (Å²) < 4.78 is 7.39. The summed E-state index contributed by atoms with van der Waals surface area (Å²) in [6.07, 6.45) is 2.23. The predicted octanol–water partition coefficient (Wildman–Crippen LogP) is 4.33. The first kappa shape index (κ1) is 23.1. The molecule has 9 heteroatoms. The van der Waals surface area contributed by atoms with Gasteiger partial charge in [0.1, 0.15) is 5.82 Å². The van der Waals surface area contributed by atoms with Crippen molar-refractivity contribution >= 4 is 33.7 Å². The van der Waals surface area contributed by atoms with E-state index >= 15 is 0 Å². The lowest BCUT2D eigenvalue weighted by molar-refractivity contribution is 0.0332. The van der Waals surface area contributed by atoms with Gasteiger partial charge in [0.2, 0.25) is 0 Å². The average molecular weight is 488 g/mol. The van der Waals surface area contributed by atoms with Gasteiger partial charge in [-0.05, 0) is 64.8 Å². The highest BCUT2D eigenvalue weighted by molar-refractivity contribution is 6.13. The lowest BCUT2D eigenvalue weighted by Crippen LogP contribution is -2.35. The normalized spacial score (nSPS) is 17.2. The van der Waals surface area contributed by atoms with Gasteiger partial charge in [0.05, 0.1) is 53.0 Å². The number of H-pyrrole nitrogens is 1. The second kappa shape index (κ2) is 8.67. The molecule has 4 aromatic rings. The first-order chi connectivity index (χ1) is 17.3. The van der Waals surface area contributed by atoms with Crippen LogP contribution in [-0.4, -0.2) is 61.8 Å². The number of nitrogens with one attached hydrogen (secondary N) is 2. The largest absolute Gasteiger partial charge is 0.379 e. The number of aryl methyl sites for hydroxylation is 1. The molecule has 0 atom stereocenters. The van der Waals surface area contributed by atoms with Gasteiger partial charge < -0.3 is 15.0 Å². The monoisotopic (exact) mass is 487 g/mol. The number of nitrogens with zero attached hydrogens (tertiary/aromatic N) is 5. The molecule has 6 rings (SSSR count). The van der Waals surface area contributed by atoms with E-state index in [1.807, 2.05) is 35.9 Å². The van der Waals surface area contributed by atoms with E-state index in [0.29, 0.717) is 11.5 Å². The van der Waals surface area contributed by atoms with Gasteiger partial charge in [-0.2, -0.15) is 5.10 Å². The van der Waals surface area contributed by atoms with Gasteiger partial charge in [-0.25, -0.2) is 14.6 Å². The van der Waals surface area contributed by atoms with Crippen LogP contribution >= 0.6 is 0 Å². The summed E-state index contributed by atoms with van der Waals surface area (Å²) in [5, 5.41) is 8.71. The summed E-state index contributed by atoms with van der Waals surface area (Å²) in [7, 11) is 0. The number of amides is 1. The first-order valence-electron chi connectivity index (χ1n) is 12.8. The number of hydrogen-bond donors (Lipinski definition) is 2. The van der Waals surface area contributed by atoms with Crippen LogP contribution in [0, 0.1) is 6.92 Å². The Kier molecular flexibility index (Phi) is 5.57. The lowest BCUT2D eigenvalue weighted by Gasteiger charge is -2.25. The van der Waals surface area contributed by atoms with Crippen molar-refractivity contribution in [3.05, 3.63) is 47.0 Å². The first-order valence-corrected chi connectivity index (χ1v) is 12.8. The molecule has 1 amide bonds. The van der Waals surface area contributed by atoms with Gasteiger partial charge in [0, 0.05) is 30.4 Å². The van der Waals surface area contributed by atoms with Gasteiger partial charge >= 0.3 is 0 Å². The van der Waals surface area contributed by atoms with Gasteiger partial charge in [-0.3, -0.25) is 9.69 Å². The molecule has 0 unspecified atom stereocenters. The maximum atomic E-state index is 13.6. The Morgan fingerprint density at radius 1 is 1.17 bits per heavy atom. The number of pyridine rings is 1. The summed E-state index contributed by atoms with van der Waals surface area (Å²) >= 11 is 0. The molecular weight excluding hydrogens is 454 g/mol. The SMILES string of the molecule is Cc1nn(C(C)(C)C)c2nc(C3CC3)cc(C(=O)Nc3ccc4nc(CN5CCOCC5)[nH]c4c3)c12. The van der Waals surface area contributed by atoms with Crippen molar-refractivity contribution in [2.75, 3.05) is 31.6 Å². The highest BCUT2D eigenvalue weighted by atomic mass is 16.5. The van der Waals surface area contributed by atoms with Crippen molar-refractivity contribution in [2.24, 2.45) is 0 Å². The number of hydrogen-bond acceptors (Lipinski definition) is 6. The van der Waals surface area contributed by atoms with Crippen molar-refractivity contribution in [1.29, 1.82) is 0 Å². The number of carbonyl (C=O) groups is 1. The molecule has 1 saturated heterocycles. The molecule has 1 aliphatic carbocycles. The third kappa shape index (κ3) is 4.37. The number of morpholine rings is 1. The smallest absolute Gasteiger partial charge is 0.256 e. The van der Waals surface area contributed by atoms with Crippen LogP contribution in [0.1, 0.15) is 67.1 Å². The van der Waals surface area contributed by atoms with Crippen molar-refractivity contribution in [3.63, 3.8) is 0 Å². The summed E-state index contributed by atoms with van der Waals surface area (Å²) in [5.41, 5.74) is 5.51. The fourth-order valence-corrected chi connectivity index (χ4v) is 4.93. The molecule has 0 spiro atoms. The van der Waals surface area contributed by atoms with Gasteiger partial charge in [0.25, 0.3) is 5.91 Å². The van der Waals surface area contributed by atoms with E-state index in [1.54, 1.807) is 0 Å². The molecule has 1 aliphatic heterocycles. The second-order valence-electron chi connectivity index (χ2n) is 11.0. The topological polar surface area (TPSA) is 101 Å². The zero-order valence-electron chi connectivity index (χ0n) is 21.4. The average Bonchev–Trinajstić information content (AvgIpc) is 3.53. The molecule has 0 radical (unpaired) electrons. The fourth-order valence-electron chi connectivity index (χ4n) is 4.93. The van der Waals surface area contributed by atoms with Crippen molar-refractivity contribution in [2.45, 2.75) is 58.5 Å². The predicted molar refractivity (Wildman–Crippen MR) is 139 cm³/mol. The number of anilines is 1. The van der Waals surface area contributed by atoms with Crippen molar-refractivity contribution < 1.29 is 9.53 Å². The number of imidazole rings is 1. The van der Waals surface area contributed by atoms with Crippen LogP contribution in [0.5, 0.6) is 0 Å². The Morgan fingerprint density at radius 2 is 1.94 bits per heavy atom. The van der Waals surface area contributed by atoms with Crippen molar-refractivity contribution in [3.8, 4) is 0 Å². The second-order valence-corrected chi connectivity index (χ2v) is 11.0. The van der Waals surface area contributed by atoms with E-state index in [4.69, 9.17) is 19.8 Å². The van der Waals surface area contributed by atoms with Crippen LogP contribution < -0.4 is 5.32 Å².